The maximum atomic E-state index is 13.2. The lowest BCUT2D eigenvalue weighted by Crippen LogP contribution is -2.22. The van der Waals surface area contributed by atoms with Crippen molar-refractivity contribution >= 4 is 37.4 Å². The smallest absolute Gasteiger partial charge is 0.239 e. The van der Waals surface area contributed by atoms with Crippen molar-refractivity contribution in [3.8, 4) is 0 Å². The summed E-state index contributed by atoms with van der Waals surface area (Å²) in [6.45, 7) is 1.68. The number of nitrogens with one attached hydrogen (secondary N) is 1. The van der Waals surface area contributed by atoms with Gasteiger partial charge in [0.15, 0.2) is 9.84 Å². The topological polar surface area (TPSA) is 63.2 Å². The first-order chi connectivity index (χ1) is 7.69. The maximum Gasteiger partial charge on any atom is 0.239 e. The highest BCUT2D eigenvalue weighted by atomic mass is 79.9. The molecule has 0 aromatic heterocycles. The van der Waals surface area contributed by atoms with Gasteiger partial charge in [-0.15, -0.1) is 0 Å². The molecule has 0 spiro atoms. The molecular weight excluding hydrogens is 313 g/mol. The number of hydrogen-bond acceptors (Lipinski definition) is 3. The van der Waals surface area contributed by atoms with Crippen LogP contribution in [0.5, 0.6) is 0 Å². The van der Waals surface area contributed by atoms with Crippen LogP contribution in [-0.2, 0) is 14.6 Å². The number of benzene rings is 1. The number of rotatable bonds is 3. The fraction of sp³-hybridized carbons (Fsp3) is 0.300. The Balaban J connectivity index is 2.89. The first-order valence-electron chi connectivity index (χ1n) is 4.62. The highest BCUT2D eigenvalue weighted by molar-refractivity contribution is 9.10. The van der Waals surface area contributed by atoms with Crippen LogP contribution in [0.3, 0.4) is 0 Å². The second-order valence-corrected chi connectivity index (χ2v) is 6.69. The van der Waals surface area contributed by atoms with E-state index >= 15 is 0 Å². The third kappa shape index (κ3) is 4.43. The molecule has 1 N–H and O–H groups in total. The van der Waals surface area contributed by atoms with Crippen molar-refractivity contribution in [3.63, 3.8) is 0 Å². The molecule has 0 unspecified atom stereocenters. The minimum atomic E-state index is -3.39. The lowest BCUT2D eigenvalue weighted by atomic mass is 10.2. The Labute approximate surface area is 107 Å². The molecule has 0 bridgehead atoms. The van der Waals surface area contributed by atoms with Gasteiger partial charge in [0.1, 0.15) is 11.6 Å². The first kappa shape index (κ1) is 14.1. The zero-order chi connectivity index (χ0) is 13.2. The van der Waals surface area contributed by atoms with E-state index in [2.05, 4.69) is 21.2 Å². The first-order valence-corrected chi connectivity index (χ1v) is 7.47. The van der Waals surface area contributed by atoms with Crippen molar-refractivity contribution in [2.24, 2.45) is 0 Å². The van der Waals surface area contributed by atoms with Crippen LogP contribution in [0.25, 0.3) is 0 Å². The van der Waals surface area contributed by atoms with Gasteiger partial charge in [0.2, 0.25) is 5.91 Å². The zero-order valence-corrected chi connectivity index (χ0v) is 11.7. The molecule has 4 nitrogen and oxygen atoms in total. The van der Waals surface area contributed by atoms with Crippen LogP contribution in [0.15, 0.2) is 16.6 Å². The molecule has 1 aromatic carbocycles. The third-order valence-electron chi connectivity index (χ3n) is 1.93. The summed E-state index contributed by atoms with van der Waals surface area (Å²) in [6, 6.07) is 2.64. The molecule has 17 heavy (non-hydrogen) atoms. The Bertz CT molecular complexity index is 557. The summed E-state index contributed by atoms with van der Waals surface area (Å²) in [7, 11) is -3.39. The Morgan fingerprint density at radius 3 is 2.59 bits per heavy atom. The van der Waals surface area contributed by atoms with E-state index in [0.29, 0.717) is 5.56 Å². The fourth-order valence-electron chi connectivity index (χ4n) is 1.21. The largest absolute Gasteiger partial charge is 0.325 e. The number of halogens is 2. The molecule has 0 fully saturated rings. The van der Waals surface area contributed by atoms with E-state index in [1.165, 1.54) is 6.07 Å². The molecule has 0 atom stereocenters. The van der Waals surface area contributed by atoms with Crippen molar-refractivity contribution in [3.05, 3.63) is 28.0 Å². The Morgan fingerprint density at radius 2 is 2.06 bits per heavy atom. The summed E-state index contributed by atoms with van der Waals surface area (Å²) in [5.74, 6) is -1.83. The second-order valence-electron chi connectivity index (χ2n) is 3.70. The van der Waals surface area contributed by atoms with Crippen molar-refractivity contribution in [1.29, 1.82) is 0 Å². The second kappa shape index (κ2) is 5.14. The maximum absolute atomic E-state index is 13.2. The molecule has 94 valence electrons. The standard InChI is InChI=1S/C10H11BrFNO3S/c1-6-3-7(11)8(12)4-9(6)13-10(14)5-17(2,15)16/h3-4H,5H2,1-2H3,(H,13,14). The summed E-state index contributed by atoms with van der Waals surface area (Å²) in [4.78, 5) is 11.4. The van der Waals surface area contributed by atoms with Gasteiger partial charge in [-0.1, -0.05) is 0 Å². The number of anilines is 1. The molecule has 1 amide bonds. The number of hydrogen-bond donors (Lipinski definition) is 1. The van der Waals surface area contributed by atoms with Crippen LogP contribution in [0, 0.1) is 12.7 Å². The minimum absolute atomic E-state index is 0.263. The molecular formula is C10H11BrFNO3S. The van der Waals surface area contributed by atoms with E-state index in [4.69, 9.17) is 0 Å². The van der Waals surface area contributed by atoms with Gasteiger partial charge >= 0.3 is 0 Å². The highest BCUT2D eigenvalue weighted by Gasteiger charge is 2.13. The van der Waals surface area contributed by atoms with Gasteiger partial charge in [0.05, 0.1) is 4.47 Å². The van der Waals surface area contributed by atoms with Gasteiger partial charge in [-0.05, 0) is 40.5 Å². The van der Waals surface area contributed by atoms with Gasteiger partial charge in [-0.3, -0.25) is 4.79 Å². The van der Waals surface area contributed by atoms with Crippen molar-refractivity contribution in [2.45, 2.75) is 6.92 Å². The number of amides is 1. The molecule has 0 saturated heterocycles. The van der Waals surface area contributed by atoms with Crippen molar-refractivity contribution in [2.75, 3.05) is 17.3 Å². The Morgan fingerprint density at radius 1 is 1.47 bits per heavy atom. The van der Waals surface area contributed by atoms with Crippen LogP contribution >= 0.6 is 15.9 Å². The highest BCUT2D eigenvalue weighted by Crippen LogP contribution is 2.23. The predicted molar refractivity (Wildman–Crippen MR) is 67.2 cm³/mol. The van der Waals surface area contributed by atoms with E-state index < -0.39 is 27.3 Å². The average Bonchev–Trinajstić information content (AvgIpc) is 2.11. The van der Waals surface area contributed by atoms with Crippen LogP contribution in [0.4, 0.5) is 10.1 Å². The number of carbonyl (C=O) groups is 1. The minimum Gasteiger partial charge on any atom is -0.325 e. The van der Waals surface area contributed by atoms with E-state index in [1.54, 1.807) is 6.92 Å². The van der Waals surface area contributed by atoms with Crippen LogP contribution in [-0.4, -0.2) is 26.3 Å². The van der Waals surface area contributed by atoms with Crippen LogP contribution < -0.4 is 5.32 Å². The summed E-state index contributed by atoms with van der Waals surface area (Å²) in [6.07, 6.45) is 0.960. The monoisotopic (exact) mass is 323 g/mol. The quantitative estimate of drug-likeness (QED) is 0.923. The van der Waals surface area contributed by atoms with Crippen molar-refractivity contribution in [1.82, 2.24) is 0 Å². The SMILES string of the molecule is Cc1cc(Br)c(F)cc1NC(=O)CS(C)(=O)=O. The normalized spacial score (nSPS) is 11.3. The molecule has 0 aliphatic carbocycles. The molecule has 0 radical (unpaired) electrons. The molecule has 0 aliphatic rings. The molecule has 7 heteroatoms. The summed E-state index contributed by atoms with van der Waals surface area (Å²) < 4.78 is 35.3. The van der Waals surface area contributed by atoms with E-state index in [1.807, 2.05) is 0 Å². The fourth-order valence-corrected chi connectivity index (χ4v) is 2.21. The predicted octanol–water partition coefficient (Wildman–Crippen LogP) is 1.88. The third-order valence-corrected chi connectivity index (χ3v) is 3.33. The van der Waals surface area contributed by atoms with E-state index in [9.17, 15) is 17.6 Å². The summed E-state index contributed by atoms with van der Waals surface area (Å²) in [5, 5.41) is 2.36. The van der Waals surface area contributed by atoms with Crippen LogP contribution in [0.1, 0.15) is 5.56 Å². The average molecular weight is 324 g/mol. The summed E-state index contributed by atoms with van der Waals surface area (Å²) >= 11 is 3.01. The lowest BCUT2D eigenvalue weighted by molar-refractivity contribution is -0.113. The number of aryl methyl sites for hydroxylation is 1. The van der Waals surface area contributed by atoms with E-state index in [0.717, 1.165) is 12.3 Å². The molecule has 0 aliphatic heterocycles. The molecule has 0 heterocycles. The molecule has 0 saturated carbocycles. The van der Waals surface area contributed by atoms with Gasteiger partial charge in [-0.2, -0.15) is 0 Å². The lowest BCUT2D eigenvalue weighted by Gasteiger charge is -2.08. The number of carbonyl (C=O) groups excluding carboxylic acids is 1. The number of sulfone groups is 1. The van der Waals surface area contributed by atoms with Gasteiger partial charge in [0, 0.05) is 11.9 Å². The van der Waals surface area contributed by atoms with Gasteiger partial charge in [0.25, 0.3) is 0 Å². The molecule has 1 rings (SSSR count). The Hall–Kier alpha value is -0.950. The van der Waals surface area contributed by atoms with Gasteiger partial charge < -0.3 is 5.32 Å². The zero-order valence-electron chi connectivity index (χ0n) is 9.25. The van der Waals surface area contributed by atoms with Gasteiger partial charge in [-0.25, -0.2) is 12.8 Å². The summed E-state index contributed by atoms with van der Waals surface area (Å²) in [5.41, 5.74) is 0.902. The molecule has 1 aromatic rings. The van der Waals surface area contributed by atoms with E-state index in [-0.39, 0.29) is 10.2 Å². The Kier molecular flexibility index (Phi) is 4.26. The van der Waals surface area contributed by atoms with Crippen LogP contribution in [0.2, 0.25) is 0 Å². The van der Waals surface area contributed by atoms with Crippen molar-refractivity contribution < 1.29 is 17.6 Å².